The summed E-state index contributed by atoms with van der Waals surface area (Å²) in [7, 11) is 1.76. The molecule has 0 spiro atoms. The molecular weight excluding hydrogens is 543 g/mol. The summed E-state index contributed by atoms with van der Waals surface area (Å²) in [5.74, 6) is 2.04. The molecule has 1 aliphatic rings. The van der Waals surface area contributed by atoms with E-state index in [0.29, 0.717) is 59.6 Å². The van der Waals surface area contributed by atoms with Crippen molar-refractivity contribution in [2.24, 2.45) is 0 Å². The van der Waals surface area contributed by atoms with Crippen molar-refractivity contribution in [2.75, 3.05) is 38.6 Å². The topological polar surface area (TPSA) is 135 Å². The number of likely N-dealkylation sites (tertiary alicyclic amines) is 1. The molecule has 1 aromatic carbocycles. The van der Waals surface area contributed by atoms with Crippen LogP contribution in [0.15, 0.2) is 28.8 Å². The number of anilines is 1. The Labute approximate surface area is 245 Å². The minimum atomic E-state index is -1.34. The van der Waals surface area contributed by atoms with Gasteiger partial charge < -0.3 is 34.6 Å². The zero-order valence-electron chi connectivity index (χ0n) is 25.3. The monoisotopic (exact) mass is 584 g/mol. The summed E-state index contributed by atoms with van der Waals surface area (Å²) < 4.78 is 32.1. The molecule has 3 aromatic rings. The first-order valence-corrected chi connectivity index (χ1v) is 14.1. The van der Waals surface area contributed by atoms with Crippen molar-refractivity contribution >= 4 is 11.9 Å². The molecule has 2 aromatic heterocycles. The van der Waals surface area contributed by atoms with Gasteiger partial charge in [0.1, 0.15) is 41.8 Å². The number of nitrogens with zero attached hydrogens (tertiary/aromatic N) is 4. The number of hydrogen-bond acceptors (Lipinski definition) is 10. The molecule has 11 nitrogen and oxygen atoms in total. The standard InChI is InChI=1S/C30H41FN6O5/c1-17-26(25-18(2)36-42-19(25)3)34-28(20-9-8-10-22(13-20)40-16-21(38)14-32-7)35-27(17)33-24-11-12-37(15-23(24)31)29(39)41-30(4,5)6/h8-10,13,21,23-24,32,38H,11-12,14-16H2,1-7H3,(H,33,34,35). The maximum atomic E-state index is 15.5. The number of carbonyl (C=O) groups excluding carboxylic acids is 1. The van der Waals surface area contributed by atoms with Crippen LogP contribution in [0.25, 0.3) is 22.6 Å². The van der Waals surface area contributed by atoms with Crippen molar-refractivity contribution in [3.05, 3.63) is 41.3 Å². The van der Waals surface area contributed by atoms with Gasteiger partial charge in [0, 0.05) is 24.2 Å². The number of halogens is 1. The number of nitrogens with one attached hydrogen (secondary N) is 2. The molecular formula is C30H41FN6O5. The SMILES string of the molecule is CNCC(O)COc1cccc(-c2nc(NC3CCN(C(=O)OC(C)(C)C)CC3F)c(C)c(-c3c(C)noc3C)n2)c1. The maximum absolute atomic E-state index is 15.5. The minimum absolute atomic E-state index is 0.0842. The van der Waals surface area contributed by atoms with Gasteiger partial charge in [-0.25, -0.2) is 19.2 Å². The van der Waals surface area contributed by atoms with Crippen molar-refractivity contribution in [1.29, 1.82) is 0 Å². The van der Waals surface area contributed by atoms with Crippen LogP contribution < -0.4 is 15.4 Å². The third-order valence-corrected chi connectivity index (χ3v) is 6.91. The highest BCUT2D eigenvalue weighted by molar-refractivity contribution is 5.75. The molecule has 0 bridgehead atoms. The molecule has 228 valence electrons. The molecule has 12 heteroatoms. The molecule has 1 saturated heterocycles. The summed E-state index contributed by atoms with van der Waals surface area (Å²) in [5, 5.41) is 20.3. The summed E-state index contributed by atoms with van der Waals surface area (Å²) in [6, 6.07) is 6.70. The fourth-order valence-electron chi connectivity index (χ4n) is 4.80. The predicted molar refractivity (Wildman–Crippen MR) is 157 cm³/mol. The van der Waals surface area contributed by atoms with Gasteiger partial charge in [0.05, 0.1) is 29.5 Å². The number of aliphatic hydroxyl groups excluding tert-OH is 1. The molecule has 42 heavy (non-hydrogen) atoms. The van der Waals surface area contributed by atoms with Gasteiger partial charge in [0.25, 0.3) is 0 Å². The van der Waals surface area contributed by atoms with E-state index in [9.17, 15) is 9.90 Å². The normalized spacial score (nSPS) is 18.1. The van der Waals surface area contributed by atoms with Gasteiger partial charge in [-0.05, 0) is 67.1 Å². The highest BCUT2D eigenvalue weighted by Gasteiger charge is 2.34. The van der Waals surface area contributed by atoms with Crippen LogP contribution in [0.5, 0.6) is 5.75 Å². The van der Waals surface area contributed by atoms with Crippen LogP contribution in [0.3, 0.4) is 0 Å². The van der Waals surface area contributed by atoms with E-state index in [2.05, 4.69) is 15.8 Å². The Morgan fingerprint density at radius 1 is 1.26 bits per heavy atom. The van der Waals surface area contributed by atoms with Crippen molar-refractivity contribution in [3.8, 4) is 28.4 Å². The third-order valence-electron chi connectivity index (χ3n) is 6.91. The van der Waals surface area contributed by atoms with Gasteiger partial charge in [0.2, 0.25) is 0 Å². The number of aryl methyl sites for hydroxylation is 2. The number of amides is 1. The molecule has 3 N–H and O–H groups in total. The number of aliphatic hydroxyl groups is 1. The Balaban J connectivity index is 1.64. The Bertz CT molecular complexity index is 1370. The molecule has 1 aliphatic heterocycles. The average molecular weight is 585 g/mol. The van der Waals surface area contributed by atoms with Gasteiger partial charge in [-0.15, -0.1) is 0 Å². The van der Waals surface area contributed by atoms with Crippen molar-refractivity contribution in [3.63, 3.8) is 0 Å². The first-order chi connectivity index (χ1) is 19.9. The number of rotatable bonds is 9. The van der Waals surface area contributed by atoms with Gasteiger partial charge in [-0.2, -0.15) is 0 Å². The van der Waals surface area contributed by atoms with Crippen LogP contribution in [0.2, 0.25) is 0 Å². The Kier molecular flexibility index (Phi) is 9.67. The van der Waals surface area contributed by atoms with Crippen LogP contribution >= 0.6 is 0 Å². The molecule has 1 fully saturated rings. The predicted octanol–water partition coefficient (Wildman–Crippen LogP) is 4.44. The lowest BCUT2D eigenvalue weighted by molar-refractivity contribution is 0.0125. The second-order valence-corrected chi connectivity index (χ2v) is 11.6. The Morgan fingerprint density at radius 2 is 2.02 bits per heavy atom. The van der Waals surface area contributed by atoms with Crippen molar-refractivity contribution in [1.82, 2.24) is 25.3 Å². The number of alkyl halides is 1. The van der Waals surface area contributed by atoms with Gasteiger partial charge in [0.15, 0.2) is 5.82 Å². The zero-order valence-corrected chi connectivity index (χ0v) is 25.3. The van der Waals surface area contributed by atoms with Crippen LogP contribution in [-0.4, -0.2) is 88.4 Å². The van der Waals surface area contributed by atoms with Crippen LogP contribution in [0.4, 0.5) is 15.0 Å². The summed E-state index contributed by atoms with van der Waals surface area (Å²) >= 11 is 0. The fourth-order valence-corrected chi connectivity index (χ4v) is 4.80. The second kappa shape index (κ2) is 13.0. The number of benzene rings is 1. The van der Waals surface area contributed by atoms with Gasteiger partial charge in [-0.1, -0.05) is 17.3 Å². The lowest BCUT2D eigenvalue weighted by Crippen LogP contribution is -2.51. The molecule has 0 saturated carbocycles. The number of carbonyl (C=O) groups is 1. The molecule has 0 aliphatic carbocycles. The van der Waals surface area contributed by atoms with E-state index >= 15 is 4.39 Å². The van der Waals surface area contributed by atoms with E-state index in [1.807, 2.05) is 32.9 Å². The van der Waals surface area contributed by atoms with Crippen LogP contribution in [0, 0.1) is 20.8 Å². The maximum Gasteiger partial charge on any atom is 0.410 e. The molecule has 3 unspecified atom stereocenters. The quantitative estimate of drug-likeness (QED) is 0.331. The first kappa shape index (κ1) is 31.2. The molecule has 1 amide bonds. The van der Waals surface area contributed by atoms with E-state index in [0.717, 1.165) is 11.1 Å². The van der Waals surface area contributed by atoms with Gasteiger partial charge >= 0.3 is 6.09 Å². The molecule has 0 radical (unpaired) electrons. The van der Waals surface area contributed by atoms with E-state index < -0.39 is 30.0 Å². The zero-order chi connectivity index (χ0) is 30.6. The average Bonchev–Trinajstić information content (AvgIpc) is 3.26. The summed E-state index contributed by atoms with van der Waals surface area (Å²) in [4.78, 5) is 23.6. The van der Waals surface area contributed by atoms with E-state index in [1.165, 1.54) is 4.90 Å². The van der Waals surface area contributed by atoms with E-state index in [-0.39, 0.29) is 13.2 Å². The van der Waals surface area contributed by atoms with E-state index in [1.54, 1.807) is 40.0 Å². The van der Waals surface area contributed by atoms with E-state index in [4.69, 9.17) is 24.0 Å². The molecule has 4 rings (SSSR count). The first-order valence-electron chi connectivity index (χ1n) is 14.1. The number of hydrogen-bond donors (Lipinski definition) is 3. The lowest BCUT2D eigenvalue weighted by atomic mass is 10.0. The summed E-state index contributed by atoms with van der Waals surface area (Å²) in [5.41, 5.74) is 2.79. The van der Waals surface area contributed by atoms with Crippen LogP contribution in [-0.2, 0) is 4.74 Å². The smallest absolute Gasteiger partial charge is 0.410 e. The highest BCUT2D eigenvalue weighted by Crippen LogP contribution is 2.34. The lowest BCUT2D eigenvalue weighted by Gasteiger charge is -2.36. The Morgan fingerprint density at radius 3 is 2.67 bits per heavy atom. The van der Waals surface area contributed by atoms with Crippen LogP contribution in [0.1, 0.15) is 44.2 Å². The summed E-state index contributed by atoms with van der Waals surface area (Å²) in [6.07, 6.45) is -2.15. The number of aromatic nitrogens is 3. The molecule has 3 heterocycles. The van der Waals surface area contributed by atoms with Crippen molar-refractivity contribution < 1.29 is 28.3 Å². The Hall–Kier alpha value is -3.77. The second-order valence-electron chi connectivity index (χ2n) is 11.6. The summed E-state index contributed by atoms with van der Waals surface area (Å²) in [6.45, 7) is 11.7. The highest BCUT2D eigenvalue weighted by atomic mass is 19.1. The minimum Gasteiger partial charge on any atom is -0.491 e. The number of piperidine rings is 1. The largest absolute Gasteiger partial charge is 0.491 e. The van der Waals surface area contributed by atoms with Gasteiger partial charge in [-0.3, -0.25) is 0 Å². The fraction of sp³-hybridized carbons (Fsp3) is 0.533. The molecule has 3 atom stereocenters. The number of ether oxygens (including phenoxy) is 2. The third kappa shape index (κ3) is 7.54. The van der Waals surface area contributed by atoms with Crippen molar-refractivity contribution in [2.45, 2.75) is 71.9 Å². The number of likely N-dealkylation sites (N-methyl/N-ethyl adjacent to an activating group) is 1.